The average Bonchev–Trinajstić information content (AvgIpc) is 2.50. The van der Waals surface area contributed by atoms with E-state index in [-0.39, 0.29) is 0 Å². The Morgan fingerprint density at radius 1 is 1.00 bits per heavy atom. The minimum atomic E-state index is 0.887. The van der Waals surface area contributed by atoms with Crippen molar-refractivity contribution < 1.29 is 0 Å². The van der Waals surface area contributed by atoms with Gasteiger partial charge in [-0.2, -0.15) is 0 Å². The molecule has 3 aromatic rings. The maximum absolute atomic E-state index is 4.47. The lowest BCUT2D eigenvalue weighted by atomic mass is 10.1. The standard InChI is InChI=1S/C18H19N3/c1-13-4-3-5-16-17(9-11-20-18(13)16)19-10-8-15-7-6-14(2)21-12-15/h3-7,9,11-12H,8,10H2,1-2H3,(H,19,20). The highest BCUT2D eigenvalue weighted by atomic mass is 14.9. The fourth-order valence-electron chi connectivity index (χ4n) is 2.47. The molecular weight excluding hydrogens is 258 g/mol. The number of nitrogens with zero attached hydrogens (tertiary/aromatic N) is 2. The van der Waals surface area contributed by atoms with Crippen LogP contribution in [-0.2, 0) is 6.42 Å². The molecule has 21 heavy (non-hydrogen) atoms. The van der Waals surface area contributed by atoms with E-state index in [0.29, 0.717) is 0 Å². The predicted octanol–water partition coefficient (Wildman–Crippen LogP) is 3.90. The Labute approximate surface area is 125 Å². The van der Waals surface area contributed by atoms with Gasteiger partial charge in [0, 0.05) is 35.7 Å². The van der Waals surface area contributed by atoms with Gasteiger partial charge in [-0.25, -0.2) is 0 Å². The lowest BCUT2D eigenvalue weighted by Crippen LogP contribution is -2.06. The third-order valence-electron chi connectivity index (χ3n) is 3.67. The van der Waals surface area contributed by atoms with E-state index in [4.69, 9.17) is 0 Å². The topological polar surface area (TPSA) is 37.8 Å². The van der Waals surface area contributed by atoms with Crippen molar-refractivity contribution in [3.8, 4) is 0 Å². The van der Waals surface area contributed by atoms with Crippen LogP contribution < -0.4 is 5.32 Å². The van der Waals surface area contributed by atoms with E-state index in [2.05, 4.69) is 52.5 Å². The third-order valence-corrected chi connectivity index (χ3v) is 3.67. The quantitative estimate of drug-likeness (QED) is 0.786. The highest BCUT2D eigenvalue weighted by molar-refractivity contribution is 5.92. The summed E-state index contributed by atoms with van der Waals surface area (Å²) in [5.74, 6) is 0. The first kappa shape index (κ1) is 13.6. The molecule has 3 rings (SSSR count). The summed E-state index contributed by atoms with van der Waals surface area (Å²) in [5, 5.41) is 4.69. The Hall–Kier alpha value is -2.42. The van der Waals surface area contributed by atoms with Crippen LogP contribution in [0.3, 0.4) is 0 Å². The second-order valence-electron chi connectivity index (χ2n) is 5.31. The Kier molecular flexibility index (Phi) is 3.82. The van der Waals surface area contributed by atoms with Crippen molar-refractivity contribution in [3.05, 3.63) is 65.6 Å². The second kappa shape index (κ2) is 5.92. The molecule has 0 spiro atoms. The first-order valence-electron chi connectivity index (χ1n) is 7.24. The molecule has 3 heteroatoms. The summed E-state index contributed by atoms with van der Waals surface area (Å²) in [6.07, 6.45) is 4.78. The largest absolute Gasteiger partial charge is 0.384 e. The van der Waals surface area contributed by atoms with Crippen LogP contribution in [0.1, 0.15) is 16.8 Å². The SMILES string of the molecule is Cc1ccc(CCNc2ccnc3c(C)cccc23)cn1. The van der Waals surface area contributed by atoms with Crippen LogP contribution in [0.4, 0.5) is 5.69 Å². The minimum absolute atomic E-state index is 0.887. The Morgan fingerprint density at radius 3 is 2.71 bits per heavy atom. The molecule has 0 fully saturated rings. The molecule has 0 atom stereocenters. The van der Waals surface area contributed by atoms with Gasteiger partial charge in [-0.1, -0.05) is 24.3 Å². The summed E-state index contributed by atoms with van der Waals surface area (Å²) in [6, 6.07) is 12.5. The van der Waals surface area contributed by atoms with Crippen LogP contribution in [0, 0.1) is 13.8 Å². The van der Waals surface area contributed by atoms with Crippen molar-refractivity contribution in [3.63, 3.8) is 0 Å². The van der Waals surface area contributed by atoms with Gasteiger partial charge in [-0.3, -0.25) is 9.97 Å². The normalized spacial score (nSPS) is 10.8. The fraction of sp³-hybridized carbons (Fsp3) is 0.222. The smallest absolute Gasteiger partial charge is 0.0751 e. The van der Waals surface area contributed by atoms with Crippen molar-refractivity contribution in [2.45, 2.75) is 20.3 Å². The lowest BCUT2D eigenvalue weighted by Gasteiger charge is -2.10. The van der Waals surface area contributed by atoms with E-state index < -0.39 is 0 Å². The number of anilines is 1. The van der Waals surface area contributed by atoms with Crippen LogP contribution in [0.2, 0.25) is 0 Å². The summed E-state index contributed by atoms with van der Waals surface area (Å²) in [6.45, 7) is 4.99. The molecule has 106 valence electrons. The van der Waals surface area contributed by atoms with Gasteiger partial charge in [0.2, 0.25) is 0 Å². The Morgan fingerprint density at radius 2 is 1.90 bits per heavy atom. The summed E-state index contributed by atoms with van der Waals surface area (Å²) in [7, 11) is 0. The number of hydrogen-bond acceptors (Lipinski definition) is 3. The van der Waals surface area contributed by atoms with E-state index in [1.54, 1.807) is 0 Å². The van der Waals surface area contributed by atoms with E-state index >= 15 is 0 Å². The minimum Gasteiger partial charge on any atom is -0.384 e. The van der Waals surface area contributed by atoms with Gasteiger partial charge in [-0.05, 0) is 43.5 Å². The van der Waals surface area contributed by atoms with Gasteiger partial charge in [0.15, 0.2) is 0 Å². The summed E-state index contributed by atoms with van der Waals surface area (Å²) < 4.78 is 0. The van der Waals surface area contributed by atoms with Crippen molar-refractivity contribution >= 4 is 16.6 Å². The van der Waals surface area contributed by atoms with Gasteiger partial charge in [-0.15, -0.1) is 0 Å². The van der Waals surface area contributed by atoms with Gasteiger partial charge >= 0.3 is 0 Å². The van der Waals surface area contributed by atoms with Crippen LogP contribution in [0.25, 0.3) is 10.9 Å². The molecule has 0 bridgehead atoms. The van der Waals surface area contributed by atoms with Gasteiger partial charge < -0.3 is 5.32 Å². The molecule has 1 aromatic carbocycles. The number of aromatic nitrogens is 2. The number of para-hydroxylation sites is 1. The molecule has 0 saturated heterocycles. The van der Waals surface area contributed by atoms with E-state index in [1.165, 1.54) is 16.5 Å². The molecule has 0 aliphatic carbocycles. The van der Waals surface area contributed by atoms with E-state index in [1.807, 2.05) is 25.4 Å². The van der Waals surface area contributed by atoms with Crippen molar-refractivity contribution in [2.75, 3.05) is 11.9 Å². The molecule has 1 N–H and O–H groups in total. The summed E-state index contributed by atoms with van der Waals surface area (Å²) >= 11 is 0. The highest BCUT2D eigenvalue weighted by Gasteiger charge is 2.03. The third kappa shape index (κ3) is 3.02. The van der Waals surface area contributed by atoms with Gasteiger partial charge in [0.05, 0.1) is 5.52 Å². The molecule has 2 aromatic heterocycles. The van der Waals surface area contributed by atoms with Crippen LogP contribution in [-0.4, -0.2) is 16.5 Å². The maximum Gasteiger partial charge on any atom is 0.0751 e. The first-order chi connectivity index (χ1) is 10.2. The summed E-state index contributed by atoms with van der Waals surface area (Å²) in [5.41, 5.74) is 5.73. The zero-order valence-corrected chi connectivity index (χ0v) is 12.4. The molecule has 0 aliphatic rings. The van der Waals surface area contributed by atoms with E-state index in [0.717, 1.165) is 29.9 Å². The number of rotatable bonds is 4. The average molecular weight is 277 g/mol. The van der Waals surface area contributed by atoms with Gasteiger partial charge in [0.25, 0.3) is 0 Å². The molecule has 2 heterocycles. The molecular formula is C18H19N3. The monoisotopic (exact) mass is 277 g/mol. The van der Waals surface area contributed by atoms with Crippen LogP contribution in [0.5, 0.6) is 0 Å². The zero-order chi connectivity index (χ0) is 14.7. The second-order valence-corrected chi connectivity index (χ2v) is 5.31. The predicted molar refractivity (Wildman–Crippen MR) is 87.6 cm³/mol. The number of hydrogen-bond donors (Lipinski definition) is 1. The molecule has 0 unspecified atom stereocenters. The maximum atomic E-state index is 4.47. The highest BCUT2D eigenvalue weighted by Crippen LogP contribution is 2.23. The molecule has 0 amide bonds. The van der Waals surface area contributed by atoms with Crippen molar-refractivity contribution in [1.82, 2.24) is 9.97 Å². The number of benzene rings is 1. The zero-order valence-electron chi connectivity index (χ0n) is 12.4. The van der Waals surface area contributed by atoms with Crippen molar-refractivity contribution in [2.24, 2.45) is 0 Å². The number of fused-ring (bicyclic) bond motifs is 1. The Bertz CT molecular complexity index is 748. The molecule has 0 saturated carbocycles. The van der Waals surface area contributed by atoms with Gasteiger partial charge in [0.1, 0.15) is 0 Å². The van der Waals surface area contributed by atoms with E-state index in [9.17, 15) is 0 Å². The number of aryl methyl sites for hydroxylation is 2. The molecule has 0 radical (unpaired) electrons. The summed E-state index contributed by atoms with van der Waals surface area (Å²) in [4.78, 5) is 8.80. The first-order valence-corrected chi connectivity index (χ1v) is 7.24. The number of pyridine rings is 2. The van der Waals surface area contributed by atoms with Crippen LogP contribution in [0.15, 0.2) is 48.8 Å². The van der Waals surface area contributed by atoms with Crippen LogP contribution >= 0.6 is 0 Å². The molecule has 3 nitrogen and oxygen atoms in total. The Balaban J connectivity index is 1.73. The molecule has 0 aliphatic heterocycles. The van der Waals surface area contributed by atoms with Crippen molar-refractivity contribution in [1.29, 1.82) is 0 Å². The number of nitrogens with one attached hydrogen (secondary N) is 1. The lowest BCUT2D eigenvalue weighted by molar-refractivity contribution is 0.998. The fourth-order valence-corrected chi connectivity index (χ4v) is 2.47.